The molecule has 0 aromatic heterocycles. The summed E-state index contributed by atoms with van der Waals surface area (Å²) in [5.41, 5.74) is 0.810. The minimum atomic E-state index is -0.0716. The van der Waals surface area contributed by atoms with Crippen LogP contribution in [-0.4, -0.2) is 48.8 Å². The molecule has 1 aliphatic rings. The van der Waals surface area contributed by atoms with Crippen molar-refractivity contribution in [2.24, 2.45) is 0 Å². The summed E-state index contributed by atoms with van der Waals surface area (Å²) in [6.45, 7) is 1.70. The van der Waals surface area contributed by atoms with E-state index in [1.165, 1.54) is 7.11 Å². The second-order valence-corrected chi connectivity index (χ2v) is 5.97. The number of nitrogens with one attached hydrogen (secondary N) is 2. The van der Waals surface area contributed by atoms with E-state index in [1.54, 1.807) is 0 Å². The fourth-order valence-electron chi connectivity index (χ4n) is 2.38. The van der Waals surface area contributed by atoms with Crippen LogP contribution in [0, 0.1) is 0 Å². The lowest BCUT2D eigenvalue weighted by molar-refractivity contribution is -0.125. The standard InChI is InChI=1S/C15H20ClN3O2S/c1-21-10-14(20)17-11-6-8-19(9-7-11)15(22)18-13-5-3-2-4-12(13)16/h2-5,11H,6-10H2,1H3,(H,17,20)(H,18,22). The summed E-state index contributed by atoms with van der Waals surface area (Å²) in [5.74, 6) is -0.0716. The summed E-state index contributed by atoms with van der Waals surface area (Å²) >= 11 is 11.5. The summed E-state index contributed by atoms with van der Waals surface area (Å²) in [4.78, 5) is 13.6. The van der Waals surface area contributed by atoms with Crippen LogP contribution in [0.3, 0.4) is 0 Å². The number of carbonyl (C=O) groups excluding carboxylic acids is 1. The fourth-order valence-corrected chi connectivity index (χ4v) is 2.86. The molecule has 0 saturated carbocycles. The molecule has 2 rings (SSSR count). The number of hydrogen-bond donors (Lipinski definition) is 2. The fraction of sp³-hybridized carbons (Fsp3) is 0.467. The van der Waals surface area contributed by atoms with Gasteiger partial charge in [0, 0.05) is 26.2 Å². The maximum atomic E-state index is 11.5. The Hall–Kier alpha value is -1.37. The van der Waals surface area contributed by atoms with Crippen LogP contribution >= 0.6 is 23.8 Å². The Balaban J connectivity index is 1.80. The van der Waals surface area contributed by atoms with Crippen molar-refractivity contribution in [3.8, 4) is 0 Å². The summed E-state index contributed by atoms with van der Waals surface area (Å²) in [6.07, 6.45) is 1.72. The topological polar surface area (TPSA) is 53.6 Å². The van der Waals surface area contributed by atoms with E-state index in [0.717, 1.165) is 31.6 Å². The minimum Gasteiger partial charge on any atom is -0.375 e. The quantitative estimate of drug-likeness (QED) is 0.823. The third kappa shape index (κ3) is 4.83. The Morgan fingerprint density at radius 3 is 2.73 bits per heavy atom. The number of benzene rings is 1. The first-order chi connectivity index (χ1) is 10.6. The van der Waals surface area contributed by atoms with Crippen molar-refractivity contribution in [2.75, 3.05) is 32.1 Å². The first-order valence-corrected chi connectivity index (χ1v) is 7.97. The van der Waals surface area contributed by atoms with Crippen molar-refractivity contribution in [3.05, 3.63) is 29.3 Å². The van der Waals surface area contributed by atoms with E-state index < -0.39 is 0 Å². The number of rotatable bonds is 4. The van der Waals surface area contributed by atoms with Gasteiger partial charge in [0.05, 0.1) is 10.7 Å². The highest BCUT2D eigenvalue weighted by Crippen LogP contribution is 2.21. The number of halogens is 1. The molecule has 1 amide bonds. The zero-order valence-corrected chi connectivity index (χ0v) is 14.0. The van der Waals surface area contributed by atoms with Crippen LogP contribution in [-0.2, 0) is 9.53 Å². The maximum absolute atomic E-state index is 11.5. The number of anilines is 1. The molecule has 0 radical (unpaired) electrons. The van der Waals surface area contributed by atoms with Crippen molar-refractivity contribution in [3.63, 3.8) is 0 Å². The molecule has 120 valence electrons. The molecule has 1 fully saturated rings. The highest BCUT2D eigenvalue weighted by molar-refractivity contribution is 7.80. The Morgan fingerprint density at radius 1 is 1.41 bits per heavy atom. The van der Waals surface area contributed by atoms with Gasteiger partial charge in [0.2, 0.25) is 5.91 Å². The highest BCUT2D eigenvalue weighted by Gasteiger charge is 2.22. The van der Waals surface area contributed by atoms with Crippen LogP contribution in [0.4, 0.5) is 5.69 Å². The molecule has 0 atom stereocenters. The number of thiocarbonyl (C=S) groups is 1. The number of amides is 1. The lowest BCUT2D eigenvalue weighted by Gasteiger charge is -2.34. The molecule has 1 aromatic rings. The Morgan fingerprint density at radius 2 is 2.09 bits per heavy atom. The summed E-state index contributed by atoms with van der Waals surface area (Å²) in [7, 11) is 1.51. The first-order valence-electron chi connectivity index (χ1n) is 7.19. The SMILES string of the molecule is COCC(=O)NC1CCN(C(=S)Nc2ccccc2Cl)CC1. The number of nitrogens with zero attached hydrogens (tertiary/aromatic N) is 1. The summed E-state index contributed by atoms with van der Waals surface area (Å²) in [5, 5.41) is 7.44. The highest BCUT2D eigenvalue weighted by atomic mass is 35.5. The molecule has 2 N–H and O–H groups in total. The Kier molecular flexibility index (Phi) is 6.42. The zero-order chi connectivity index (χ0) is 15.9. The lowest BCUT2D eigenvalue weighted by atomic mass is 10.1. The molecule has 1 aliphatic heterocycles. The first kappa shape index (κ1) is 17.0. The molecule has 0 unspecified atom stereocenters. The van der Waals surface area contributed by atoms with Gasteiger partial charge in [-0.1, -0.05) is 23.7 Å². The Bertz CT molecular complexity index is 533. The molecular formula is C15H20ClN3O2S. The van der Waals surface area contributed by atoms with Crippen LogP contribution in [0.15, 0.2) is 24.3 Å². The summed E-state index contributed by atoms with van der Waals surface area (Å²) < 4.78 is 4.82. The normalized spacial score (nSPS) is 15.5. The van der Waals surface area contributed by atoms with Gasteiger partial charge in [-0.25, -0.2) is 0 Å². The van der Waals surface area contributed by atoms with Crippen LogP contribution in [0.25, 0.3) is 0 Å². The number of para-hydroxylation sites is 1. The van der Waals surface area contributed by atoms with E-state index in [2.05, 4.69) is 15.5 Å². The van der Waals surface area contributed by atoms with Gasteiger partial charge in [0.15, 0.2) is 5.11 Å². The second kappa shape index (κ2) is 8.31. The van der Waals surface area contributed by atoms with E-state index in [4.69, 9.17) is 28.6 Å². The van der Waals surface area contributed by atoms with Gasteiger partial charge in [-0.3, -0.25) is 4.79 Å². The van der Waals surface area contributed by atoms with Gasteiger partial charge in [0.1, 0.15) is 6.61 Å². The van der Waals surface area contributed by atoms with Crippen molar-refractivity contribution in [1.82, 2.24) is 10.2 Å². The van der Waals surface area contributed by atoms with Crippen LogP contribution in [0.5, 0.6) is 0 Å². The van der Waals surface area contributed by atoms with Gasteiger partial charge in [-0.2, -0.15) is 0 Å². The van der Waals surface area contributed by atoms with Crippen molar-refractivity contribution < 1.29 is 9.53 Å². The number of carbonyl (C=O) groups is 1. The minimum absolute atomic E-state index is 0.0716. The summed E-state index contributed by atoms with van der Waals surface area (Å²) in [6, 6.07) is 7.69. The molecule has 0 spiro atoms. The van der Waals surface area contributed by atoms with Crippen molar-refractivity contribution >= 4 is 40.5 Å². The molecule has 0 bridgehead atoms. The second-order valence-electron chi connectivity index (χ2n) is 5.17. The van der Waals surface area contributed by atoms with Crippen LogP contribution < -0.4 is 10.6 Å². The number of ether oxygens (including phenoxy) is 1. The molecule has 1 aromatic carbocycles. The number of piperidine rings is 1. The molecule has 1 saturated heterocycles. The van der Waals surface area contributed by atoms with E-state index in [9.17, 15) is 4.79 Å². The zero-order valence-electron chi connectivity index (χ0n) is 12.5. The van der Waals surface area contributed by atoms with Gasteiger partial charge in [-0.15, -0.1) is 0 Å². The molecule has 5 nitrogen and oxygen atoms in total. The predicted molar refractivity (Wildman–Crippen MR) is 92.3 cm³/mol. The van der Waals surface area contributed by atoms with Gasteiger partial charge < -0.3 is 20.3 Å². The van der Waals surface area contributed by atoms with Crippen LogP contribution in [0.2, 0.25) is 5.02 Å². The van der Waals surface area contributed by atoms with Crippen molar-refractivity contribution in [2.45, 2.75) is 18.9 Å². The largest absolute Gasteiger partial charge is 0.375 e. The van der Waals surface area contributed by atoms with E-state index in [0.29, 0.717) is 10.1 Å². The Labute approximate surface area is 141 Å². The molecular weight excluding hydrogens is 322 g/mol. The maximum Gasteiger partial charge on any atom is 0.246 e. The third-order valence-electron chi connectivity index (χ3n) is 3.54. The van der Waals surface area contributed by atoms with Gasteiger partial charge in [0.25, 0.3) is 0 Å². The molecule has 7 heteroatoms. The number of hydrogen-bond acceptors (Lipinski definition) is 3. The lowest BCUT2D eigenvalue weighted by Crippen LogP contribution is -2.48. The van der Waals surface area contributed by atoms with Crippen LogP contribution in [0.1, 0.15) is 12.8 Å². The van der Waals surface area contributed by atoms with Gasteiger partial charge >= 0.3 is 0 Å². The van der Waals surface area contributed by atoms with E-state index in [-0.39, 0.29) is 18.6 Å². The molecule has 22 heavy (non-hydrogen) atoms. The molecule has 0 aliphatic carbocycles. The predicted octanol–water partition coefficient (Wildman–Crippen LogP) is 2.26. The number of likely N-dealkylation sites (tertiary alicyclic amines) is 1. The van der Waals surface area contributed by atoms with E-state index in [1.807, 2.05) is 24.3 Å². The smallest absolute Gasteiger partial charge is 0.246 e. The van der Waals surface area contributed by atoms with E-state index >= 15 is 0 Å². The average molecular weight is 342 g/mol. The third-order valence-corrected chi connectivity index (χ3v) is 4.23. The average Bonchev–Trinajstić information content (AvgIpc) is 2.50. The monoisotopic (exact) mass is 341 g/mol. The van der Waals surface area contributed by atoms with Gasteiger partial charge in [-0.05, 0) is 37.2 Å². The van der Waals surface area contributed by atoms with Crippen molar-refractivity contribution in [1.29, 1.82) is 0 Å². The molecule has 1 heterocycles. The number of methoxy groups -OCH3 is 1.